The van der Waals surface area contributed by atoms with Crippen LogP contribution in [0.15, 0.2) is 42.5 Å². The number of hydrogen-bond acceptors (Lipinski definition) is 5. The smallest absolute Gasteiger partial charge is 0.341 e. The zero-order valence-electron chi connectivity index (χ0n) is 12.1. The van der Waals surface area contributed by atoms with Crippen LogP contribution in [0.25, 0.3) is 0 Å². The van der Waals surface area contributed by atoms with Gasteiger partial charge in [0.1, 0.15) is 11.3 Å². The van der Waals surface area contributed by atoms with Crippen LogP contribution in [0.5, 0.6) is 11.5 Å². The SMILES string of the molecule is COC(=O)c1cccc(NC(=O)c2ccc(OC)cc2)c1O. The number of phenols is 1. The van der Waals surface area contributed by atoms with Gasteiger partial charge in [0.25, 0.3) is 5.91 Å². The lowest BCUT2D eigenvalue weighted by Gasteiger charge is -2.10. The summed E-state index contributed by atoms with van der Waals surface area (Å²) < 4.78 is 9.58. The molecule has 0 aliphatic rings. The van der Waals surface area contributed by atoms with E-state index in [0.717, 1.165) is 0 Å². The number of rotatable bonds is 4. The van der Waals surface area contributed by atoms with E-state index in [9.17, 15) is 14.7 Å². The molecule has 0 aromatic heterocycles. The number of nitrogens with one attached hydrogen (secondary N) is 1. The summed E-state index contributed by atoms with van der Waals surface area (Å²) >= 11 is 0. The molecule has 0 saturated carbocycles. The number of carbonyl (C=O) groups is 2. The van der Waals surface area contributed by atoms with Crippen LogP contribution in [-0.4, -0.2) is 31.2 Å². The third-order valence-corrected chi connectivity index (χ3v) is 3.04. The summed E-state index contributed by atoms with van der Waals surface area (Å²) in [4.78, 5) is 23.6. The second kappa shape index (κ2) is 6.62. The summed E-state index contributed by atoms with van der Waals surface area (Å²) in [7, 11) is 2.75. The zero-order chi connectivity index (χ0) is 16.1. The summed E-state index contributed by atoms with van der Waals surface area (Å²) in [6.45, 7) is 0. The molecule has 114 valence electrons. The summed E-state index contributed by atoms with van der Waals surface area (Å²) in [5.74, 6) is -0.804. The van der Waals surface area contributed by atoms with Crippen molar-refractivity contribution in [1.82, 2.24) is 0 Å². The molecule has 6 nitrogen and oxygen atoms in total. The number of ether oxygens (including phenoxy) is 2. The number of anilines is 1. The van der Waals surface area contributed by atoms with Crippen LogP contribution < -0.4 is 10.1 Å². The van der Waals surface area contributed by atoms with Crippen molar-refractivity contribution in [3.05, 3.63) is 53.6 Å². The first-order valence-electron chi connectivity index (χ1n) is 6.42. The Morgan fingerprint density at radius 3 is 2.32 bits per heavy atom. The molecule has 0 saturated heterocycles. The van der Waals surface area contributed by atoms with Crippen molar-refractivity contribution >= 4 is 17.6 Å². The van der Waals surface area contributed by atoms with Gasteiger partial charge in [0.15, 0.2) is 5.75 Å². The summed E-state index contributed by atoms with van der Waals surface area (Å²) in [5.41, 5.74) is 0.502. The van der Waals surface area contributed by atoms with Crippen molar-refractivity contribution in [2.45, 2.75) is 0 Å². The van der Waals surface area contributed by atoms with E-state index in [0.29, 0.717) is 11.3 Å². The third kappa shape index (κ3) is 3.17. The molecule has 0 unspecified atom stereocenters. The molecular formula is C16H15NO5. The number of para-hydroxylation sites is 1. The van der Waals surface area contributed by atoms with Crippen LogP contribution in [0.2, 0.25) is 0 Å². The predicted molar refractivity (Wildman–Crippen MR) is 80.4 cm³/mol. The number of esters is 1. The minimum Gasteiger partial charge on any atom is -0.505 e. The van der Waals surface area contributed by atoms with Crippen molar-refractivity contribution in [2.24, 2.45) is 0 Å². The van der Waals surface area contributed by atoms with Gasteiger partial charge in [-0.1, -0.05) is 6.07 Å². The number of benzene rings is 2. The van der Waals surface area contributed by atoms with Crippen molar-refractivity contribution < 1.29 is 24.2 Å². The van der Waals surface area contributed by atoms with E-state index in [1.54, 1.807) is 24.3 Å². The lowest BCUT2D eigenvalue weighted by Crippen LogP contribution is -2.13. The maximum atomic E-state index is 12.1. The van der Waals surface area contributed by atoms with E-state index in [1.165, 1.54) is 32.4 Å². The molecule has 22 heavy (non-hydrogen) atoms. The van der Waals surface area contributed by atoms with Gasteiger partial charge >= 0.3 is 5.97 Å². The standard InChI is InChI=1S/C16H15NO5/c1-21-11-8-6-10(7-9-11)15(19)17-13-5-3-4-12(14(13)18)16(20)22-2/h3-9,18H,1-2H3,(H,17,19). The molecule has 0 aliphatic heterocycles. The summed E-state index contributed by atoms with van der Waals surface area (Å²) in [6.07, 6.45) is 0. The fourth-order valence-corrected chi connectivity index (χ4v) is 1.86. The van der Waals surface area contributed by atoms with Gasteiger partial charge in [-0.05, 0) is 36.4 Å². The second-order valence-electron chi connectivity index (χ2n) is 4.38. The Morgan fingerprint density at radius 1 is 1.05 bits per heavy atom. The fourth-order valence-electron chi connectivity index (χ4n) is 1.86. The van der Waals surface area contributed by atoms with Gasteiger partial charge in [0, 0.05) is 5.56 Å². The van der Waals surface area contributed by atoms with Crippen molar-refractivity contribution in [2.75, 3.05) is 19.5 Å². The molecule has 0 bridgehead atoms. The first-order chi connectivity index (χ1) is 10.6. The molecule has 0 heterocycles. The van der Waals surface area contributed by atoms with Crippen LogP contribution in [0.4, 0.5) is 5.69 Å². The number of phenolic OH excluding ortho intramolecular Hbond substituents is 1. The Morgan fingerprint density at radius 2 is 1.73 bits per heavy atom. The number of carbonyl (C=O) groups excluding carboxylic acids is 2. The van der Waals surface area contributed by atoms with Crippen LogP contribution >= 0.6 is 0 Å². The van der Waals surface area contributed by atoms with Gasteiger partial charge in [0.05, 0.1) is 19.9 Å². The number of hydrogen-bond donors (Lipinski definition) is 2. The van der Waals surface area contributed by atoms with Crippen LogP contribution in [0.1, 0.15) is 20.7 Å². The number of methoxy groups -OCH3 is 2. The van der Waals surface area contributed by atoms with Gasteiger partial charge in [-0.25, -0.2) is 4.79 Å². The number of amides is 1. The minimum atomic E-state index is -0.682. The Hall–Kier alpha value is -3.02. The lowest BCUT2D eigenvalue weighted by molar-refractivity contribution is 0.0597. The van der Waals surface area contributed by atoms with E-state index >= 15 is 0 Å². The van der Waals surface area contributed by atoms with E-state index in [2.05, 4.69) is 10.1 Å². The average Bonchev–Trinajstić information content (AvgIpc) is 2.56. The maximum absolute atomic E-state index is 12.1. The van der Waals surface area contributed by atoms with Gasteiger partial charge in [-0.2, -0.15) is 0 Å². The van der Waals surface area contributed by atoms with Gasteiger partial charge in [0.2, 0.25) is 0 Å². The first kappa shape index (κ1) is 15.4. The van der Waals surface area contributed by atoms with E-state index in [1.807, 2.05) is 0 Å². The highest BCUT2D eigenvalue weighted by atomic mass is 16.5. The molecule has 2 N–H and O–H groups in total. The minimum absolute atomic E-state index is 0.0185. The highest BCUT2D eigenvalue weighted by molar-refractivity contribution is 6.06. The predicted octanol–water partition coefficient (Wildman–Crippen LogP) is 2.44. The van der Waals surface area contributed by atoms with Gasteiger partial charge in [-0.15, -0.1) is 0 Å². The highest BCUT2D eigenvalue weighted by Crippen LogP contribution is 2.28. The van der Waals surface area contributed by atoms with E-state index in [4.69, 9.17) is 4.74 Å². The Kier molecular flexibility index (Phi) is 4.63. The molecule has 2 aromatic rings. The van der Waals surface area contributed by atoms with E-state index in [-0.39, 0.29) is 17.0 Å². The second-order valence-corrected chi connectivity index (χ2v) is 4.38. The summed E-state index contributed by atoms with van der Waals surface area (Å²) in [5, 5.41) is 12.6. The monoisotopic (exact) mass is 301 g/mol. The maximum Gasteiger partial charge on any atom is 0.341 e. The molecule has 2 aromatic carbocycles. The fraction of sp³-hybridized carbons (Fsp3) is 0.125. The van der Waals surface area contributed by atoms with Crippen molar-refractivity contribution in [1.29, 1.82) is 0 Å². The molecule has 1 amide bonds. The first-order valence-corrected chi connectivity index (χ1v) is 6.42. The Balaban J connectivity index is 2.22. The highest BCUT2D eigenvalue weighted by Gasteiger charge is 2.16. The Labute approximate surface area is 127 Å². The molecule has 0 fully saturated rings. The average molecular weight is 301 g/mol. The quantitative estimate of drug-likeness (QED) is 0.669. The molecular weight excluding hydrogens is 286 g/mol. The lowest BCUT2D eigenvalue weighted by atomic mass is 10.1. The molecule has 0 atom stereocenters. The third-order valence-electron chi connectivity index (χ3n) is 3.04. The molecule has 2 rings (SSSR count). The molecule has 0 radical (unpaired) electrons. The topological polar surface area (TPSA) is 84.9 Å². The van der Waals surface area contributed by atoms with Gasteiger partial charge < -0.3 is 19.9 Å². The van der Waals surface area contributed by atoms with Crippen molar-refractivity contribution in [3.8, 4) is 11.5 Å². The van der Waals surface area contributed by atoms with Crippen molar-refractivity contribution in [3.63, 3.8) is 0 Å². The van der Waals surface area contributed by atoms with Crippen LogP contribution in [-0.2, 0) is 4.74 Å². The van der Waals surface area contributed by atoms with E-state index < -0.39 is 11.9 Å². The normalized spacial score (nSPS) is 9.91. The summed E-state index contributed by atoms with van der Waals surface area (Å²) in [6, 6.07) is 10.9. The zero-order valence-corrected chi connectivity index (χ0v) is 12.1. The molecule has 6 heteroatoms. The van der Waals surface area contributed by atoms with Gasteiger partial charge in [-0.3, -0.25) is 4.79 Å². The Bertz CT molecular complexity index is 694. The number of aromatic hydroxyl groups is 1. The largest absolute Gasteiger partial charge is 0.505 e. The molecule has 0 aliphatic carbocycles. The molecule has 0 spiro atoms. The van der Waals surface area contributed by atoms with Crippen LogP contribution in [0, 0.1) is 0 Å². The van der Waals surface area contributed by atoms with Crippen LogP contribution in [0.3, 0.4) is 0 Å².